The van der Waals surface area contributed by atoms with Crippen molar-refractivity contribution in [3.8, 4) is 11.5 Å². The number of nitrogens with zero attached hydrogens (tertiary/aromatic N) is 3. The van der Waals surface area contributed by atoms with Crippen LogP contribution in [-0.4, -0.2) is 43.2 Å². The Morgan fingerprint density at radius 1 is 0.968 bits per heavy atom. The van der Waals surface area contributed by atoms with Crippen molar-refractivity contribution < 1.29 is 19.1 Å². The van der Waals surface area contributed by atoms with Crippen LogP contribution in [-0.2, 0) is 22.6 Å². The van der Waals surface area contributed by atoms with E-state index in [0.29, 0.717) is 36.7 Å². The first-order chi connectivity index (χ1) is 14.9. The number of benzene rings is 2. The molecule has 0 aromatic heterocycles. The molecular formula is C24H27N3O4. The fourth-order valence-electron chi connectivity index (χ4n) is 4.08. The Balaban J connectivity index is 1.59. The normalized spacial score (nSPS) is 16.0. The van der Waals surface area contributed by atoms with Gasteiger partial charge in [0.15, 0.2) is 11.5 Å². The Bertz CT molecular complexity index is 1080. The largest absolute Gasteiger partial charge is 0.493 e. The minimum Gasteiger partial charge on any atom is -0.493 e. The highest BCUT2D eigenvalue weighted by Crippen LogP contribution is 2.33. The maximum Gasteiger partial charge on any atom is 0.270 e. The van der Waals surface area contributed by atoms with E-state index in [-0.39, 0.29) is 18.2 Å². The van der Waals surface area contributed by atoms with Crippen LogP contribution in [0.15, 0.2) is 35.4 Å². The minimum atomic E-state index is -0.122. The van der Waals surface area contributed by atoms with Gasteiger partial charge in [0.1, 0.15) is 5.71 Å². The van der Waals surface area contributed by atoms with E-state index in [2.05, 4.69) is 5.10 Å². The number of rotatable bonds is 4. The second kappa shape index (κ2) is 8.41. The molecule has 2 aliphatic heterocycles. The summed E-state index contributed by atoms with van der Waals surface area (Å²) in [6.07, 6.45) is 1.36. The van der Waals surface area contributed by atoms with Gasteiger partial charge in [-0.3, -0.25) is 9.59 Å². The summed E-state index contributed by atoms with van der Waals surface area (Å²) < 4.78 is 10.8. The summed E-state index contributed by atoms with van der Waals surface area (Å²) in [6.45, 7) is 4.99. The topological polar surface area (TPSA) is 71.4 Å². The highest BCUT2D eigenvalue weighted by Gasteiger charge is 2.31. The molecule has 2 heterocycles. The summed E-state index contributed by atoms with van der Waals surface area (Å²) in [5.74, 6) is 1.13. The lowest BCUT2D eigenvalue weighted by Crippen LogP contribution is -2.43. The number of hydrogen-bond acceptors (Lipinski definition) is 5. The Morgan fingerprint density at radius 3 is 2.39 bits per heavy atom. The Labute approximate surface area is 182 Å². The molecule has 0 saturated heterocycles. The molecule has 0 bridgehead atoms. The SMILES string of the molecule is COc1cc2c(cc1OC)CN(C(=O)C1=NN(c3cc(C)ccc3C)C(=O)CC1)CC2. The minimum absolute atomic E-state index is 0.0916. The van der Waals surface area contributed by atoms with Crippen LogP contribution >= 0.6 is 0 Å². The zero-order chi connectivity index (χ0) is 22.1. The van der Waals surface area contributed by atoms with Crippen molar-refractivity contribution >= 4 is 23.2 Å². The molecule has 0 spiro atoms. The lowest BCUT2D eigenvalue weighted by molar-refractivity contribution is -0.125. The number of carbonyl (C=O) groups is 2. The monoisotopic (exact) mass is 421 g/mol. The number of fused-ring (bicyclic) bond motifs is 1. The van der Waals surface area contributed by atoms with Crippen molar-refractivity contribution in [2.45, 2.75) is 39.7 Å². The van der Waals surface area contributed by atoms with E-state index >= 15 is 0 Å². The summed E-state index contributed by atoms with van der Waals surface area (Å²) in [4.78, 5) is 27.6. The average molecular weight is 421 g/mol. The van der Waals surface area contributed by atoms with E-state index in [1.54, 1.807) is 19.1 Å². The Hall–Kier alpha value is -3.35. The number of anilines is 1. The zero-order valence-corrected chi connectivity index (χ0v) is 18.4. The third-order valence-corrected chi connectivity index (χ3v) is 5.88. The van der Waals surface area contributed by atoms with Crippen LogP contribution in [0.5, 0.6) is 11.5 Å². The highest BCUT2D eigenvalue weighted by atomic mass is 16.5. The molecule has 0 aliphatic carbocycles. The fraction of sp³-hybridized carbons (Fsp3) is 0.375. The van der Waals surface area contributed by atoms with E-state index in [9.17, 15) is 9.59 Å². The lowest BCUT2D eigenvalue weighted by atomic mass is 9.98. The van der Waals surface area contributed by atoms with Crippen LogP contribution in [0.3, 0.4) is 0 Å². The van der Waals surface area contributed by atoms with Crippen molar-refractivity contribution in [3.63, 3.8) is 0 Å². The number of aryl methyl sites for hydroxylation is 2. The third kappa shape index (κ3) is 4.00. The van der Waals surface area contributed by atoms with Crippen molar-refractivity contribution in [3.05, 3.63) is 52.6 Å². The standard InChI is InChI=1S/C24H27N3O4/c1-15-5-6-16(2)20(11-15)27-23(28)8-7-19(25-27)24(29)26-10-9-17-12-21(30-3)22(31-4)13-18(17)14-26/h5-6,11-13H,7-10,14H2,1-4H3. The number of hydrogen-bond donors (Lipinski definition) is 0. The molecule has 0 atom stereocenters. The lowest BCUT2D eigenvalue weighted by Gasteiger charge is -2.31. The van der Waals surface area contributed by atoms with Gasteiger partial charge in [-0.15, -0.1) is 0 Å². The summed E-state index contributed by atoms with van der Waals surface area (Å²) in [5.41, 5.74) is 5.33. The second-order valence-corrected chi connectivity index (χ2v) is 7.99. The number of methoxy groups -OCH3 is 2. The molecule has 0 saturated carbocycles. The molecule has 0 N–H and O–H groups in total. The van der Waals surface area contributed by atoms with Crippen molar-refractivity contribution in [1.82, 2.24) is 4.90 Å². The maximum atomic E-state index is 13.3. The maximum absolute atomic E-state index is 13.3. The van der Waals surface area contributed by atoms with Gasteiger partial charge >= 0.3 is 0 Å². The molecule has 4 rings (SSSR count). The summed E-state index contributed by atoms with van der Waals surface area (Å²) >= 11 is 0. The van der Waals surface area contributed by atoms with Gasteiger partial charge in [-0.05, 0) is 60.7 Å². The molecule has 2 aromatic carbocycles. The smallest absolute Gasteiger partial charge is 0.270 e. The zero-order valence-electron chi connectivity index (χ0n) is 18.4. The summed E-state index contributed by atoms with van der Waals surface area (Å²) in [7, 11) is 3.22. The first kappa shape index (κ1) is 20.9. The van der Waals surface area contributed by atoms with Crippen LogP contribution in [0.2, 0.25) is 0 Å². The average Bonchev–Trinajstić information content (AvgIpc) is 2.79. The van der Waals surface area contributed by atoms with Crippen LogP contribution in [0.4, 0.5) is 5.69 Å². The number of ether oxygens (including phenoxy) is 2. The van der Waals surface area contributed by atoms with Crippen LogP contribution in [0.25, 0.3) is 0 Å². The van der Waals surface area contributed by atoms with Gasteiger partial charge in [0.05, 0.1) is 19.9 Å². The molecule has 162 valence electrons. The van der Waals surface area contributed by atoms with Gasteiger partial charge in [-0.25, -0.2) is 5.01 Å². The van der Waals surface area contributed by atoms with Gasteiger partial charge in [-0.1, -0.05) is 12.1 Å². The predicted molar refractivity (Wildman–Crippen MR) is 119 cm³/mol. The molecule has 7 nitrogen and oxygen atoms in total. The first-order valence-corrected chi connectivity index (χ1v) is 10.4. The number of hydrazone groups is 1. The Morgan fingerprint density at radius 2 is 1.68 bits per heavy atom. The molecule has 0 fully saturated rings. The summed E-state index contributed by atoms with van der Waals surface area (Å²) in [6, 6.07) is 9.81. The van der Waals surface area contributed by atoms with E-state index in [1.165, 1.54) is 5.01 Å². The first-order valence-electron chi connectivity index (χ1n) is 10.4. The quantitative estimate of drug-likeness (QED) is 0.759. The van der Waals surface area contributed by atoms with Gasteiger partial charge in [-0.2, -0.15) is 5.10 Å². The van der Waals surface area contributed by atoms with Crippen LogP contribution < -0.4 is 14.5 Å². The second-order valence-electron chi connectivity index (χ2n) is 7.99. The third-order valence-electron chi connectivity index (χ3n) is 5.88. The van der Waals surface area contributed by atoms with Gasteiger partial charge in [0, 0.05) is 25.9 Å². The number of amides is 2. The molecule has 2 aliphatic rings. The van der Waals surface area contributed by atoms with Gasteiger partial charge in [0.25, 0.3) is 5.91 Å². The molecule has 2 aromatic rings. The molecule has 0 radical (unpaired) electrons. The molecule has 7 heteroatoms. The highest BCUT2D eigenvalue weighted by molar-refractivity contribution is 6.40. The van der Waals surface area contributed by atoms with Crippen molar-refractivity contribution in [2.75, 3.05) is 25.8 Å². The van der Waals surface area contributed by atoms with Crippen LogP contribution in [0, 0.1) is 13.8 Å². The fourth-order valence-corrected chi connectivity index (χ4v) is 4.08. The van der Waals surface area contributed by atoms with Crippen LogP contribution in [0.1, 0.15) is 35.1 Å². The molecule has 31 heavy (non-hydrogen) atoms. The number of carbonyl (C=O) groups excluding carboxylic acids is 2. The van der Waals surface area contributed by atoms with Gasteiger partial charge < -0.3 is 14.4 Å². The van der Waals surface area contributed by atoms with E-state index in [0.717, 1.165) is 34.4 Å². The summed E-state index contributed by atoms with van der Waals surface area (Å²) in [5, 5.41) is 5.89. The van der Waals surface area contributed by atoms with Gasteiger partial charge in [0.2, 0.25) is 5.91 Å². The van der Waals surface area contributed by atoms with Crippen molar-refractivity contribution in [2.24, 2.45) is 5.10 Å². The van der Waals surface area contributed by atoms with Crippen molar-refractivity contribution in [1.29, 1.82) is 0 Å². The molecular weight excluding hydrogens is 394 g/mol. The van der Waals surface area contributed by atoms with E-state index in [1.807, 2.05) is 44.2 Å². The Kier molecular flexibility index (Phi) is 5.67. The predicted octanol–water partition coefficient (Wildman–Crippen LogP) is 3.39. The van der Waals surface area contributed by atoms with E-state index < -0.39 is 0 Å². The molecule has 0 unspecified atom stereocenters. The molecule has 2 amide bonds. The van der Waals surface area contributed by atoms with E-state index in [4.69, 9.17) is 9.47 Å².